The molecule has 0 aliphatic carbocycles. The van der Waals surface area contributed by atoms with Gasteiger partial charge >= 0.3 is 0 Å². The zero-order valence-corrected chi connectivity index (χ0v) is 11.5. The van der Waals surface area contributed by atoms with E-state index in [1.165, 1.54) is 6.92 Å². The molecule has 0 unspecified atom stereocenters. The lowest BCUT2D eigenvalue weighted by atomic mass is 10.3. The number of anilines is 1. The Balaban J connectivity index is 2.12. The van der Waals surface area contributed by atoms with Crippen molar-refractivity contribution < 1.29 is 9.53 Å². The summed E-state index contributed by atoms with van der Waals surface area (Å²) in [6.07, 6.45) is 0. The van der Waals surface area contributed by atoms with Crippen molar-refractivity contribution in [1.82, 2.24) is 4.90 Å². The second-order valence-corrected chi connectivity index (χ2v) is 4.59. The van der Waals surface area contributed by atoms with Crippen LogP contribution in [0.3, 0.4) is 0 Å². The third kappa shape index (κ3) is 3.68. The van der Waals surface area contributed by atoms with E-state index in [1.54, 1.807) is 6.07 Å². The second kappa shape index (κ2) is 6.54. The molecule has 0 radical (unpaired) electrons. The first-order chi connectivity index (χ1) is 9.18. The molecule has 5 nitrogen and oxygen atoms in total. The van der Waals surface area contributed by atoms with Crippen molar-refractivity contribution in [3.63, 3.8) is 0 Å². The predicted molar refractivity (Wildman–Crippen MR) is 75.6 cm³/mol. The number of carbonyl (C=O) groups is 1. The molecular weight excluding hydrogens is 266 g/mol. The molecule has 1 heterocycles. The first kappa shape index (κ1) is 13.8. The smallest absolute Gasteiger partial charge is 0.196 e. The minimum atomic E-state index is -0.0820. The van der Waals surface area contributed by atoms with Crippen LogP contribution in [0.5, 0.6) is 0 Å². The van der Waals surface area contributed by atoms with E-state index in [0.717, 1.165) is 0 Å². The van der Waals surface area contributed by atoms with Crippen LogP contribution in [0.25, 0.3) is 0 Å². The minimum absolute atomic E-state index is 0.0820. The van der Waals surface area contributed by atoms with Crippen molar-refractivity contribution in [2.75, 3.05) is 31.7 Å². The molecule has 1 aromatic rings. The van der Waals surface area contributed by atoms with Gasteiger partial charge in [0.2, 0.25) is 0 Å². The van der Waals surface area contributed by atoms with Gasteiger partial charge in [0.15, 0.2) is 11.6 Å². The maximum atomic E-state index is 11.7. The number of hydrogen-bond donors (Lipinski definition) is 1. The molecule has 0 atom stereocenters. The van der Waals surface area contributed by atoms with Crippen LogP contribution in [0.1, 0.15) is 6.92 Å². The molecule has 1 saturated heterocycles. The second-order valence-electron chi connectivity index (χ2n) is 4.18. The zero-order valence-electron chi connectivity index (χ0n) is 10.7. The van der Waals surface area contributed by atoms with Crippen LogP contribution < -0.4 is 5.43 Å². The van der Waals surface area contributed by atoms with Crippen molar-refractivity contribution >= 4 is 28.9 Å². The molecule has 0 spiro atoms. The topological polar surface area (TPSA) is 53.9 Å². The van der Waals surface area contributed by atoms with E-state index in [1.807, 2.05) is 23.1 Å². The molecule has 19 heavy (non-hydrogen) atoms. The van der Waals surface area contributed by atoms with Crippen molar-refractivity contribution in [2.45, 2.75) is 6.92 Å². The Hall–Kier alpha value is -1.59. The number of hydrazone groups is 1. The number of nitrogens with zero attached hydrogens (tertiary/aromatic N) is 2. The first-order valence-electron chi connectivity index (χ1n) is 6.10. The van der Waals surface area contributed by atoms with Gasteiger partial charge in [0, 0.05) is 20.0 Å². The summed E-state index contributed by atoms with van der Waals surface area (Å²) in [5, 5.41) is 4.75. The van der Waals surface area contributed by atoms with Gasteiger partial charge in [0.05, 0.1) is 23.9 Å². The van der Waals surface area contributed by atoms with Crippen molar-refractivity contribution in [3.05, 3.63) is 29.3 Å². The SMILES string of the molecule is CC(=O)/C(=N\Nc1ccccc1Cl)N1CCOCC1. The lowest BCUT2D eigenvalue weighted by molar-refractivity contribution is -0.112. The first-order valence-corrected chi connectivity index (χ1v) is 6.48. The number of amidine groups is 1. The summed E-state index contributed by atoms with van der Waals surface area (Å²) in [4.78, 5) is 13.6. The van der Waals surface area contributed by atoms with E-state index >= 15 is 0 Å². The van der Waals surface area contributed by atoms with E-state index in [9.17, 15) is 4.79 Å². The fourth-order valence-corrected chi connectivity index (χ4v) is 1.99. The van der Waals surface area contributed by atoms with E-state index < -0.39 is 0 Å². The number of ether oxygens (including phenoxy) is 1. The summed E-state index contributed by atoms with van der Waals surface area (Å²) in [6, 6.07) is 7.27. The Morgan fingerprint density at radius 2 is 2.05 bits per heavy atom. The summed E-state index contributed by atoms with van der Waals surface area (Å²) in [7, 11) is 0. The number of morpholine rings is 1. The van der Waals surface area contributed by atoms with Gasteiger partial charge in [-0.25, -0.2) is 0 Å². The fraction of sp³-hybridized carbons (Fsp3) is 0.385. The standard InChI is InChI=1S/C13H16ClN3O2/c1-10(18)13(17-6-8-19-9-7-17)16-15-12-5-3-2-4-11(12)14/h2-5,15H,6-9H2,1H3/b16-13+. The highest BCUT2D eigenvalue weighted by molar-refractivity contribution is 6.38. The number of rotatable bonds is 3. The van der Waals surface area contributed by atoms with Crippen LogP contribution in [0, 0.1) is 0 Å². The zero-order chi connectivity index (χ0) is 13.7. The molecule has 1 aliphatic heterocycles. The highest BCUT2D eigenvalue weighted by atomic mass is 35.5. The molecule has 1 aliphatic rings. The summed E-state index contributed by atoms with van der Waals surface area (Å²) >= 11 is 6.02. The van der Waals surface area contributed by atoms with Gasteiger partial charge in [0.25, 0.3) is 0 Å². The number of ketones is 1. The molecule has 0 bridgehead atoms. The lowest BCUT2D eigenvalue weighted by Gasteiger charge is -2.28. The van der Waals surface area contributed by atoms with Crippen molar-refractivity contribution in [1.29, 1.82) is 0 Å². The van der Waals surface area contributed by atoms with Gasteiger partial charge in [-0.15, -0.1) is 0 Å². The number of carbonyl (C=O) groups excluding carboxylic acids is 1. The molecule has 0 amide bonds. The van der Waals surface area contributed by atoms with Crippen LogP contribution >= 0.6 is 11.6 Å². The number of Topliss-reactive ketones (excluding diaryl/α,β-unsaturated/α-hetero) is 1. The molecule has 0 saturated carbocycles. The van der Waals surface area contributed by atoms with Crippen LogP contribution in [-0.2, 0) is 9.53 Å². The summed E-state index contributed by atoms with van der Waals surface area (Å²) in [5.74, 6) is 0.324. The molecule has 102 valence electrons. The van der Waals surface area contributed by atoms with Crippen LogP contribution in [-0.4, -0.2) is 42.8 Å². The number of para-hydroxylation sites is 1. The van der Waals surface area contributed by atoms with Crippen LogP contribution in [0.2, 0.25) is 5.02 Å². The quantitative estimate of drug-likeness (QED) is 0.523. The predicted octanol–water partition coefficient (Wildman–Crippen LogP) is 1.99. The molecular formula is C13H16ClN3O2. The molecule has 1 fully saturated rings. The highest BCUT2D eigenvalue weighted by Crippen LogP contribution is 2.20. The third-order valence-electron chi connectivity index (χ3n) is 2.78. The van der Waals surface area contributed by atoms with E-state index in [0.29, 0.717) is 42.8 Å². The van der Waals surface area contributed by atoms with E-state index in [2.05, 4.69) is 10.5 Å². The average molecular weight is 282 g/mol. The van der Waals surface area contributed by atoms with Gasteiger partial charge in [0.1, 0.15) is 0 Å². The maximum Gasteiger partial charge on any atom is 0.196 e. The minimum Gasteiger partial charge on any atom is -0.378 e. The Morgan fingerprint density at radius 3 is 2.68 bits per heavy atom. The Kier molecular flexibility index (Phi) is 4.76. The molecule has 1 N–H and O–H groups in total. The van der Waals surface area contributed by atoms with Gasteiger partial charge in [-0.05, 0) is 12.1 Å². The highest BCUT2D eigenvalue weighted by Gasteiger charge is 2.18. The Labute approximate surface area is 117 Å². The van der Waals surface area contributed by atoms with Crippen LogP contribution in [0.4, 0.5) is 5.69 Å². The normalized spacial score (nSPS) is 16.3. The summed E-state index contributed by atoms with van der Waals surface area (Å²) in [5.41, 5.74) is 3.52. The monoisotopic (exact) mass is 281 g/mol. The number of benzene rings is 1. The molecule has 2 rings (SSSR count). The summed E-state index contributed by atoms with van der Waals surface area (Å²) in [6.45, 7) is 4.06. The van der Waals surface area contributed by atoms with Gasteiger partial charge < -0.3 is 9.64 Å². The number of halogens is 1. The van der Waals surface area contributed by atoms with E-state index in [-0.39, 0.29) is 5.78 Å². The van der Waals surface area contributed by atoms with Gasteiger partial charge in [-0.2, -0.15) is 5.10 Å². The Morgan fingerprint density at radius 1 is 1.37 bits per heavy atom. The molecule has 1 aromatic carbocycles. The molecule has 0 aromatic heterocycles. The van der Waals surface area contributed by atoms with Crippen molar-refractivity contribution in [3.8, 4) is 0 Å². The average Bonchev–Trinajstić information content (AvgIpc) is 2.42. The van der Waals surface area contributed by atoms with Crippen molar-refractivity contribution in [2.24, 2.45) is 5.10 Å². The Bertz CT molecular complexity index is 485. The van der Waals surface area contributed by atoms with Gasteiger partial charge in [-0.3, -0.25) is 10.2 Å². The lowest BCUT2D eigenvalue weighted by Crippen LogP contribution is -2.44. The van der Waals surface area contributed by atoms with E-state index in [4.69, 9.17) is 16.3 Å². The van der Waals surface area contributed by atoms with Crippen LogP contribution in [0.15, 0.2) is 29.4 Å². The number of hydrogen-bond acceptors (Lipinski definition) is 4. The fourth-order valence-electron chi connectivity index (χ4n) is 1.81. The number of nitrogens with one attached hydrogen (secondary N) is 1. The maximum absolute atomic E-state index is 11.7. The van der Waals surface area contributed by atoms with Gasteiger partial charge in [-0.1, -0.05) is 23.7 Å². The summed E-state index contributed by atoms with van der Waals surface area (Å²) < 4.78 is 5.26. The third-order valence-corrected chi connectivity index (χ3v) is 3.11. The largest absolute Gasteiger partial charge is 0.378 e. The molecule has 6 heteroatoms.